The molecule has 18 nitrogen and oxygen atoms in total. The van der Waals surface area contributed by atoms with Crippen molar-refractivity contribution in [1.29, 1.82) is 0 Å². The van der Waals surface area contributed by atoms with E-state index in [9.17, 15) is 28.8 Å². The number of amides is 5. The van der Waals surface area contributed by atoms with Crippen molar-refractivity contribution in [2.75, 3.05) is 68.0 Å². The minimum absolute atomic E-state index is 0.0837. The number of carbonyl (C=O) groups excluding carboxylic acids is 5. The summed E-state index contributed by atoms with van der Waals surface area (Å²) in [5, 5.41) is 9.18. The summed E-state index contributed by atoms with van der Waals surface area (Å²) in [5.41, 5.74) is 2.57. The van der Waals surface area contributed by atoms with Gasteiger partial charge < -0.3 is 34.5 Å². The number of carbonyl (C=O) groups is 5. The number of hydrogen-bond acceptors (Lipinski definition) is 14. The van der Waals surface area contributed by atoms with E-state index in [0.29, 0.717) is 34.1 Å². The van der Waals surface area contributed by atoms with E-state index in [2.05, 4.69) is 35.6 Å². The van der Waals surface area contributed by atoms with Gasteiger partial charge in [-0.15, -0.1) is 0 Å². The van der Waals surface area contributed by atoms with E-state index in [0.717, 1.165) is 86.4 Å². The molecule has 3 N–H and O–H groups in total. The standard InChI is InChI=1S/C45H51ClN10O8/c1-25(2)55-35-7-4-27(18-26(35)19-37(44(55)62)63-24-39(58)47-3)49-40-34(46)23-48-45(51-40)54-12-10-30(11-13-54)64-31-20-29(21-31)53-16-14-52(15-17-53)28-5-6-32-33(22-28)43(61)56(42(32)60)36-8-9-38(57)50-41(36)59/h4-7,18-19,22-23,25,29-31,36H,8-17,20-21,24H2,1-3H3,(H,47,58)(H,48,49,51)(H,50,57,59)/t29-,31-,36?. The molecular formula is C45H51ClN10O8. The summed E-state index contributed by atoms with van der Waals surface area (Å²) >= 11 is 6.59. The molecule has 0 spiro atoms. The lowest BCUT2D eigenvalue weighted by Gasteiger charge is -2.47. The number of piperazine rings is 1. The summed E-state index contributed by atoms with van der Waals surface area (Å²) in [7, 11) is 1.51. The smallest absolute Gasteiger partial charge is 0.293 e. The zero-order chi connectivity index (χ0) is 44.8. The fourth-order valence-corrected chi connectivity index (χ4v) is 9.51. The van der Waals surface area contributed by atoms with Gasteiger partial charge in [-0.2, -0.15) is 4.98 Å². The molecule has 1 unspecified atom stereocenters. The molecule has 2 aromatic carbocycles. The maximum absolute atomic E-state index is 13.4. The van der Waals surface area contributed by atoms with E-state index >= 15 is 0 Å². The fourth-order valence-electron chi connectivity index (χ4n) is 9.38. The summed E-state index contributed by atoms with van der Waals surface area (Å²) in [6.07, 6.45) is 5.83. The summed E-state index contributed by atoms with van der Waals surface area (Å²) in [5.74, 6) is -1.23. The molecule has 336 valence electrons. The molecule has 5 amide bonds. The maximum atomic E-state index is 13.4. The van der Waals surface area contributed by atoms with Gasteiger partial charge in [0.1, 0.15) is 11.1 Å². The first-order valence-corrected chi connectivity index (χ1v) is 22.3. The number of rotatable bonds is 12. The zero-order valence-electron chi connectivity index (χ0n) is 36.0. The van der Waals surface area contributed by atoms with Crippen LogP contribution in [0.2, 0.25) is 5.02 Å². The van der Waals surface area contributed by atoms with Crippen molar-refractivity contribution >= 4 is 75.2 Å². The van der Waals surface area contributed by atoms with Gasteiger partial charge in [0.15, 0.2) is 18.2 Å². The second kappa shape index (κ2) is 17.8. The van der Waals surface area contributed by atoms with E-state index in [-0.39, 0.29) is 60.5 Å². The first-order chi connectivity index (χ1) is 30.8. The van der Waals surface area contributed by atoms with Crippen LogP contribution in [0.3, 0.4) is 0 Å². The van der Waals surface area contributed by atoms with Crippen LogP contribution in [-0.2, 0) is 19.1 Å². The average molecular weight is 895 g/mol. The molecule has 4 aromatic rings. The zero-order valence-corrected chi connectivity index (χ0v) is 36.7. The van der Waals surface area contributed by atoms with Gasteiger partial charge in [0, 0.05) is 81.6 Å². The molecule has 4 aliphatic heterocycles. The molecule has 19 heteroatoms. The largest absolute Gasteiger partial charge is 0.478 e. The van der Waals surface area contributed by atoms with E-state index in [1.54, 1.807) is 29.0 Å². The van der Waals surface area contributed by atoms with E-state index < -0.39 is 29.7 Å². The molecule has 6 heterocycles. The Morgan fingerprint density at radius 3 is 2.36 bits per heavy atom. The minimum atomic E-state index is -0.983. The van der Waals surface area contributed by atoms with E-state index in [1.165, 1.54) is 7.05 Å². The highest BCUT2D eigenvalue weighted by Crippen LogP contribution is 2.35. The highest BCUT2D eigenvalue weighted by molar-refractivity contribution is 6.33. The Morgan fingerprint density at radius 1 is 0.891 bits per heavy atom. The molecule has 64 heavy (non-hydrogen) atoms. The lowest BCUT2D eigenvalue weighted by Crippen LogP contribution is -2.56. The number of benzene rings is 2. The number of piperidine rings is 2. The Bertz CT molecular complexity index is 2580. The number of fused-ring (bicyclic) bond motifs is 2. The van der Waals surface area contributed by atoms with Gasteiger partial charge in [-0.1, -0.05) is 11.6 Å². The minimum Gasteiger partial charge on any atom is -0.478 e. The molecule has 4 fully saturated rings. The number of anilines is 4. The number of imide groups is 2. The molecule has 5 aliphatic rings. The average Bonchev–Trinajstić information content (AvgIpc) is 3.52. The van der Waals surface area contributed by atoms with Crippen molar-refractivity contribution in [3.05, 3.63) is 75.2 Å². The summed E-state index contributed by atoms with van der Waals surface area (Å²) in [4.78, 5) is 92.9. The first-order valence-electron chi connectivity index (χ1n) is 21.9. The molecule has 1 atom stereocenters. The van der Waals surface area contributed by atoms with Crippen LogP contribution in [0.1, 0.15) is 79.1 Å². The van der Waals surface area contributed by atoms with Crippen LogP contribution in [0.15, 0.2) is 53.5 Å². The predicted octanol–water partition coefficient (Wildman–Crippen LogP) is 3.63. The topological polar surface area (TPSA) is 201 Å². The summed E-state index contributed by atoms with van der Waals surface area (Å²) in [6.45, 7) is 8.35. The Morgan fingerprint density at radius 2 is 1.64 bits per heavy atom. The van der Waals surface area contributed by atoms with Crippen LogP contribution in [-0.4, -0.2) is 131 Å². The second-order valence-corrected chi connectivity index (χ2v) is 17.7. The van der Waals surface area contributed by atoms with Crippen molar-refractivity contribution in [2.24, 2.45) is 0 Å². The van der Waals surface area contributed by atoms with Gasteiger partial charge in [0.25, 0.3) is 23.3 Å². The van der Waals surface area contributed by atoms with Gasteiger partial charge in [-0.05, 0) is 88.4 Å². The molecule has 0 bridgehead atoms. The number of halogens is 1. The molecule has 9 rings (SSSR count). The Labute approximate surface area is 374 Å². The number of aromatic nitrogens is 3. The van der Waals surface area contributed by atoms with Gasteiger partial charge in [-0.3, -0.25) is 43.9 Å². The SMILES string of the molecule is CNC(=O)COc1cc2cc(Nc3nc(N4CCC(O[C@H]5C[C@H](N6CCN(c7ccc8c(c7)C(=O)N(C7CCC(=O)NC7=O)C8=O)CC6)C5)CC4)ncc3Cl)ccc2n(C(C)C)c1=O. The monoisotopic (exact) mass is 894 g/mol. The third-order valence-corrected chi connectivity index (χ3v) is 13.2. The fraction of sp³-hybridized carbons (Fsp3) is 0.467. The van der Waals surface area contributed by atoms with Crippen molar-refractivity contribution in [1.82, 2.24) is 35.0 Å². The first kappa shape index (κ1) is 43.2. The molecule has 2 aromatic heterocycles. The van der Waals surface area contributed by atoms with E-state index in [4.69, 9.17) is 26.1 Å². The summed E-state index contributed by atoms with van der Waals surface area (Å²) < 4.78 is 13.8. The van der Waals surface area contributed by atoms with Crippen LogP contribution < -0.4 is 36.0 Å². The highest BCUT2D eigenvalue weighted by atomic mass is 35.5. The van der Waals surface area contributed by atoms with Crippen molar-refractivity contribution in [2.45, 2.75) is 82.7 Å². The van der Waals surface area contributed by atoms with E-state index in [1.807, 2.05) is 38.1 Å². The van der Waals surface area contributed by atoms with Crippen LogP contribution in [0.4, 0.5) is 23.1 Å². The van der Waals surface area contributed by atoms with Crippen molar-refractivity contribution in [3.8, 4) is 5.75 Å². The van der Waals surface area contributed by atoms with Crippen LogP contribution in [0, 0.1) is 0 Å². The highest BCUT2D eigenvalue weighted by Gasteiger charge is 2.45. The molecule has 0 radical (unpaired) electrons. The Balaban J connectivity index is 0.745. The Hall–Kier alpha value is -6.11. The second-order valence-electron chi connectivity index (χ2n) is 17.3. The summed E-state index contributed by atoms with van der Waals surface area (Å²) in [6, 6.07) is 11.9. The van der Waals surface area contributed by atoms with Gasteiger partial charge in [0.05, 0.1) is 35.0 Å². The van der Waals surface area contributed by atoms with Crippen LogP contribution in [0.25, 0.3) is 10.9 Å². The van der Waals surface area contributed by atoms with Gasteiger partial charge in [-0.25, -0.2) is 4.98 Å². The molecule has 1 aliphatic carbocycles. The predicted molar refractivity (Wildman–Crippen MR) is 239 cm³/mol. The maximum Gasteiger partial charge on any atom is 0.293 e. The number of likely N-dealkylation sites (N-methyl/N-ethyl adjacent to an activating group) is 1. The van der Waals surface area contributed by atoms with Crippen LogP contribution in [0.5, 0.6) is 5.75 Å². The quantitative estimate of drug-likeness (QED) is 0.174. The number of hydrogen-bond donors (Lipinski definition) is 3. The number of ether oxygens (including phenoxy) is 2. The van der Waals surface area contributed by atoms with Crippen molar-refractivity contribution in [3.63, 3.8) is 0 Å². The normalized spacial score (nSPS) is 21.9. The third kappa shape index (κ3) is 8.48. The number of nitrogens with one attached hydrogen (secondary N) is 3. The lowest BCUT2D eigenvalue weighted by atomic mass is 9.87. The van der Waals surface area contributed by atoms with Gasteiger partial charge >= 0.3 is 0 Å². The number of nitrogens with zero attached hydrogens (tertiary/aromatic N) is 7. The number of pyridine rings is 1. The van der Waals surface area contributed by atoms with Crippen molar-refractivity contribution < 1.29 is 33.4 Å². The lowest BCUT2D eigenvalue weighted by molar-refractivity contribution is -0.136. The van der Waals surface area contributed by atoms with Crippen LogP contribution >= 0.6 is 11.6 Å². The molecule has 1 saturated carbocycles. The molecular weight excluding hydrogens is 844 g/mol. The Kier molecular flexibility index (Phi) is 12.0. The van der Waals surface area contributed by atoms with Gasteiger partial charge in [0.2, 0.25) is 17.8 Å². The molecule has 3 saturated heterocycles. The third-order valence-electron chi connectivity index (χ3n) is 13.0.